The quantitative estimate of drug-likeness (QED) is 0.819. The zero-order valence-electron chi connectivity index (χ0n) is 10.5. The van der Waals surface area contributed by atoms with Gasteiger partial charge in [-0.05, 0) is 31.5 Å². The smallest absolute Gasteiger partial charge is 0.337 e. The highest BCUT2D eigenvalue weighted by Crippen LogP contribution is 2.17. The molecule has 1 aromatic carbocycles. The first-order valence-corrected chi connectivity index (χ1v) is 6.62. The number of methoxy groups -OCH3 is 1. The van der Waals surface area contributed by atoms with Crippen LogP contribution < -0.4 is 5.73 Å². The molecule has 0 heterocycles. The molecule has 0 aliphatic heterocycles. The van der Waals surface area contributed by atoms with Crippen molar-refractivity contribution in [3.63, 3.8) is 0 Å². The van der Waals surface area contributed by atoms with Crippen molar-refractivity contribution in [1.82, 2.24) is 0 Å². The Labute approximate surface area is 107 Å². The molecule has 0 radical (unpaired) electrons. The summed E-state index contributed by atoms with van der Waals surface area (Å²) in [5, 5.41) is 0. The number of ether oxygens (including phenoxy) is 1. The van der Waals surface area contributed by atoms with Gasteiger partial charge in [-0.1, -0.05) is 12.1 Å². The highest BCUT2D eigenvalue weighted by atomic mass is 32.2. The Hall–Kier alpha value is -1.00. The predicted octanol–water partition coefficient (Wildman–Crippen LogP) is 2.44. The standard InChI is InChI=1S/C13H19NO2S/c1-13(2,14)9-17-8-10-4-6-11(7-5-10)12(15)16-3/h4-7H,8-9,14H2,1-3H3. The molecule has 0 aliphatic rings. The SMILES string of the molecule is COC(=O)c1ccc(CSCC(C)(C)N)cc1. The summed E-state index contributed by atoms with van der Waals surface area (Å²) in [6.07, 6.45) is 0. The van der Waals surface area contributed by atoms with Gasteiger partial charge in [-0.3, -0.25) is 0 Å². The lowest BCUT2D eigenvalue weighted by Gasteiger charge is -2.17. The summed E-state index contributed by atoms with van der Waals surface area (Å²) in [6.45, 7) is 4.03. The first-order valence-electron chi connectivity index (χ1n) is 5.46. The molecule has 0 saturated carbocycles. The topological polar surface area (TPSA) is 52.3 Å². The van der Waals surface area contributed by atoms with Crippen LogP contribution in [0.15, 0.2) is 24.3 Å². The van der Waals surface area contributed by atoms with E-state index >= 15 is 0 Å². The number of benzene rings is 1. The summed E-state index contributed by atoms with van der Waals surface area (Å²) >= 11 is 1.79. The van der Waals surface area contributed by atoms with Gasteiger partial charge >= 0.3 is 5.97 Å². The van der Waals surface area contributed by atoms with Crippen molar-refractivity contribution in [2.75, 3.05) is 12.9 Å². The monoisotopic (exact) mass is 253 g/mol. The van der Waals surface area contributed by atoms with Crippen molar-refractivity contribution in [3.05, 3.63) is 35.4 Å². The molecule has 17 heavy (non-hydrogen) atoms. The Balaban J connectivity index is 2.49. The van der Waals surface area contributed by atoms with E-state index in [1.807, 2.05) is 26.0 Å². The molecule has 0 fully saturated rings. The van der Waals surface area contributed by atoms with E-state index in [1.165, 1.54) is 12.7 Å². The summed E-state index contributed by atoms with van der Waals surface area (Å²) in [6, 6.07) is 7.47. The average molecular weight is 253 g/mol. The molecule has 0 bridgehead atoms. The van der Waals surface area contributed by atoms with Gasteiger partial charge in [-0.15, -0.1) is 0 Å². The van der Waals surface area contributed by atoms with Gasteiger partial charge in [-0.25, -0.2) is 4.79 Å². The second-order valence-corrected chi connectivity index (χ2v) is 5.66. The number of rotatable bonds is 5. The molecule has 4 heteroatoms. The zero-order valence-corrected chi connectivity index (χ0v) is 11.3. The Bertz CT molecular complexity index is 368. The highest BCUT2D eigenvalue weighted by Gasteiger charge is 2.10. The van der Waals surface area contributed by atoms with Gasteiger partial charge < -0.3 is 10.5 Å². The van der Waals surface area contributed by atoms with Gasteiger partial charge in [0, 0.05) is 17.0 Å². The van der Waals surface area contributed by atoms with E-state index in [0.717, 1.165) is 11.5 Å². The fraction of sp³-hybridized carbons (Fsp3) is 0.462. The average Bonchev–Trinajstić information content (AvgIpc) is 2.27. The Morgan fingerprint density at radius 1 is 1.35 bits per heavy atom. The van der Waals surface area contributed by atoms with Crippen molar-refractivity contribution in [1.29, 1.82) is 0 Å². The number of esters is 1. The second kappa shape index (κ2) is 6.07. The Morgan fingerprint density at radius 3 is 2.41 bits per heavy atom. The van der Waals surface area contributed by atoms with Gasteiger partial charge in [0.25, 0.3) is 0 Å². The van der Waals surface area contributed by atoms with E-state index in [4.69, 9.17) is 5.73 Å². The third-order valence-electron chi connectivity index (χ3n) is 2.12. The van der Waals surface area contributed by atoms with Crippen molar-refractivity contribution in [2.24, 2.45) is 5.73 Å². The zero-order chi connectivity index (χ0) is 12.9. The molecule has 3 nitrogen and oxygen atoms in total. The van der Waals surface area contributed by atoms with Gasteiger partial charge in [0.1, 0.15) is 0 Å². The minimum Gasteiger partial charge on any atom is -0.465 e. The minimum atomic E-state index is -0.299. The van der Waals surface area contributed by atoms with Crippen LogP contribution in [0.1, 0.15) is 29.8 Å². The van der Waals surface area contributed by atoms with E-state index in [1.54, 1.807) is 23.9 Å². The number of hydrogen-bond acceptors (Lipinski definition) is 4. The largest absolute Gasteiger partial charge is 0.465 e. The van der Waals surface area contributed by atoms with Crippen LogP contribution in [0.3, 0.4) is 0 Å². The lowest BCUT2D eigenvalue weighted by Crippen LogP contribution is -2.34. The summed E-state index contributed by atoms with van der Waals surface area (Å²) in [5.41, 5.74) is 7.53. The number of nitrogens with two attached hydrogens (primary N) is 1. The molecule has 0 spiro atoms. The van der Waals surface area contributed by atoms with E-state index in [-0.39, 0.29) is 11.5 Å². The fourth-order valence-electron chi connectivity index (χ4n) is 1.29. The molecule has 94 valence electrons. The van der Waals surface area contributed by atoms with Crippen molar-refractivity contribution in [2.45, 2.75) is 25.1 Å². The minimum absolute atomic E-state index is 0.142. The summed E-state index contributed by atoms with van der Waals surface area (Å²) < 4.78 is 4.64. The number of carbonyl (C=O) groups excluding carboxylic acids is 1. The maximum Gasteiger partial charge on any atom is 0.337 e. The van der Waals surface area contributed by atoms with Crippen LogP contribution in [0.2, 0.25) is 0 Å². The maximum absolute atomic E-state index is 11.2. The van der Waals surface area contributed by atoms with Crippen LogP contribution >= 0.6 is 11.8 Å². The van der Waals surface area contributed by atoms with Gasteiger partial charge in [0.15, 0.2) is 0 Å². The number of thioether (sulfide) groups is 1. The molecule has 1 rings (SSSR count). The van der Waals surface area contributed by atoms with Crippen molar-refractivity contribution >= 4 is 17.7 Å². The lowest BCUT2D eigenvalue weighted by molar-refractivity contribution is 0.0600. The van der Waals surface area contributed by atoms with Crippen LogP contribution in [0, 0.1) is 0 Å². The van der Waals surface area contributed by atoms with Gasteiger partial charge in [0.2, 0.25) is 0 Å². The predicted molar refractivity (Wildman–Crippen MR) is 72.2 cm³/mol. The second-order valence-electron chi connectivity index (χ2n) is 4.67. The molecule has 0 saturated heterocycles. The third-order valence-corrected chi connectivity index (χ3v) is 3.60. The molecule has 2 N–H and O–H groups in total. The number of hydrogen-bond donors (Lipinski definition) is 1. The molecule has 1 aromatic rings. The molecule has 0 aromatic heterocycles. The van der Waals surface area contributed by atoms with Crippen molar-refractivity contribution in [3.8, 4) is 0 Å². The third kappa shape index (κ3) is 5.24. The van der Waals surface area contributed by atoms with E-state index in [9.17, 15) is 4.79 Å². The Kier molecular flexibility index (Phi) is 5.02. The Morgan fingerprint density at radius 2 is 1.94 bits per heavy atom. The molecular weight excluding hydrogens is 234 g/mol. The van der Waals surface area contributed by atoms with Crippen LogP contribution in [-0.4, -0.2) is 24.4 Å². The molecule has 0 unspecified atom stereocenters. The fourth-order valence-corrected chi connectivity index (χ4v) is 2.34. The first-order chi connectivity index (χ1) is 7.92. The van der Waals surface area contributed by atoms with E-state index in [2.05, 4.69) is 4.74 Å². The first kappa shape index (κ1) is 14.1. The van der Waals surface area contributed by atoms with Crippen molar-refractivity contribution < 1.29 is 9.53 Å². The maximum atomic E-state index is 11.2. The normalized spacial score (nSPS) is 11.3. The van der Waals surface area contributed by atoms with E-state index in [0.29, 0.717) is 5.56 Å². The molecule has 0 amide bonds. The van der Waals surface area contributed by atoms with Crippen LogP contribution in [0.4, 0.5) is 0 Å². The highest BCUT2D eigenvalue weighted by molar-refractivity contribution is 7.98. The summed E-state index contributed by atoms with van der Waals surface area (Å²) in [7, 11) is 1.38. The number of carbonyl (C=O) groups is 1. The lowest BCUT2D eigenvalue weighted by atomic mass is 10.1. The van der Waals surface area contributed by atoms with Gasteiger partial charge in [0.05, 0.1) is 12.7 Å². The van der Waals surface area contributed by atoms with Gasteiger partial charge in [-0.2, -0.15) is 11.8 Å². The molecule has 0 aliphatic carbocycles. The summed E-state index contributed by atoms with van der Waals surface area (Å²) in [5.74, 6) is 1.51. The van der Waals surface area contributed by atoms with Crippen LogP contribution in [0.5, 0.6) is 0 Å². The van der Waals surface area contributed by atoms with E-state index < -0.39 is 0 Å². The van der Waals surface area contributed by atoms with Crippen LogP contribution in [-0.2, 0) is 10.5 Å². The molecule has 0 atom stereocenters. The molecular formula is C13H19NO2S. The van der Waals surface area contributed by atoms with Crippen LogP contribution in [0.25, 0.3) is 0 Å². The summed E-state index contributed by atoms with van der Waals surface area (Å²) in [4.78, 5) is 11.2.